The minimum Gasteiger partial charge on any atom is -0.394 e. The van der Waals surface area contributed by atoms with Gasteiger partial charge in [0.15, 0.2) is 0 Å². The summed E-state index contributed by atoms with van der Waals surface area (Å²) in [5.74, 6) is -0.0785. The molecule has 1 saturated heterocycles. The van der Waals surface area contributed by atoms with Crippen LogP contribution in [0.5, 0.6) is 0 Å². The van der Waals surface area contributed by atoms with Gasteiger partial charge in [0.25, 0.3) is 0 Å². The molecular formula is C9H11IN2O5. The van der Waals surface area contributed by atoms with Crippen LogP contribution in [0.15, 0.2) is 12.3 Å². The first-order valence-electron chi connectivity index (χ1n) is 4.99. The number of hydrogen-bond acceptors (Lipinski definition) is 5. The van der Waals surface area contributed by atoms with Crippen molar-refractivity contribution < 1.29 is 19.9 Å². The van der Waals surface area contributed by atoms with Crippen molar-refractivity contribution in [1.82, 2.24) is 4.57 Å². The molecule has 0 aliphatic carbocycles. The second-order valence-corrected chi connectivity index (χ2v) is 5.04. The lowest BCUT2D eigenvalue weighted by atomic mass is 10.2. The molecule has 1 fully saturated rings. The minimum absolute atomic E-state index is 0.0785. The molecular weight excluding hydrogens is 343 g/mol. The molecule has 0 spiro atoms. The lowest BCUT2D eigenvalue weighted by Gasteiger charge is -2.10. The van der Waals surface area contributed by atoms with E-state index in [2.05, 4.69) is 0 Å². The van der Waals surface area contributed by atoms with Gasteiger partial charge in [0.2, 0.25) is 6.23 Å². The van der Waals surface area contributed by atoms with E-state index in [4.69, 9.17) is 9.84 Å². The quantitative estimate of drug-likeness (QED) is 0.472. The summed E-state index contributed by atoms with van der Waals surface area (Å²) in [6.45, 7) is -0.302. The van der Waals surface area contributed by atoms with E-state index in [-0.39, 0.29) is 18.8 Å². The molecule has 94 valence electrons. The molecule has 0 saturated carbocycles. The number of aliphatic hydroxyl groups is 2. The lowest BCUT2D eigenvalue weighted by molar-refractivity contribution is -0.393. The highest BCUT2D eigenvalue weighted by Crippen LogP contribution is 2.33. The Morgan fingerprint density at radius 3 is 2.94 bits per heavy atom. The Hall–Kier alpha value is -0.710. The van der Waals surface area contributed by atoms with Crippen LogP contribution in [-0.4, -0.2) is 38.5 Å². The Morgan fingerprint density at radius 2 is 2.41 bits per heavy atom. The molecule has 0 amide bonds. The summed E-state index contributed by atoms with van der Waals surface area (Å²) in [4.78, 5) is 10.3. The third kappa shape index (κ3) is 2.44. The fraction of sp³-hybridized carbons (Fsp3) is 0.556. The standard InChI is InChI=1S/C9H11IN2O5/c10-5-1-8(12(15)16)11(3-5)9-2-6(14)7(4-13)17-9/h1,3,6-7,9,13-14H,2,4H2/t6?,7-,9-/m1/s1. The van der Waals surface area contributed by atoms with Gasteiger partial charge in [-0.05, 0) is 27.5 Å². The second kappa shape index (κ2) is 4.88. The SMILES string of the molecule is O=[N+]([O-])c1cc(I)cn1[C@H]1CC(O)[C@@H](CO)O1. The highest BCUT2D eigenvalue weighted by Gasteiger charge is 2.38. The predicted octanol–water partition coefficient (Wildman–Crippen LogP) is 0.642. The van der Waals surface area contributed by atoms with Crippen LogP contribution in [0, 0.1) is 13.7 Å². The van der Waals surface area contributed by atoms with Gasteiger partial charge in [-0.3, -0.25) is 0 Å². The summed E-state index contributed by atoms with van der Waals surface area (Å²) in [6, 6.07) is 1.43. The van der Waals surface area contributed by atoms with E-state index in [1.54, 1.807) is 6.20 Å². The summed E-state index contributed by atoms with van der Waals surface area (Å²) < 4.78 is 7.47. The molecule has 2 N–H and O–H groups in total. The van der Waals surface area contributed by atoms with Crippen LogP contribution in [0.4, 0.5) is 5.82 Å². The Labute approximate surface area is 110 Å². The monoisotopic (exact) mass is 354 g/mol. The maximum Gasteiger partial charge on any atom is 0.326 e. The van der Waals surface area contributed by atoms with Gasteiger partial charge in [0.1, 0.15) is 12.3 Å². The highest BCUT2D eigenvalue weighted by molar-refractivity contribution is 14.1. The number of aromatic nitrogens is 1. The third-order valence-electron chi connectivity index (χ3n) is 2.68. The first kappa shape index (κ1) is 12.7. The van der Waals surface area contributed by atoms with Crippen LogP contribution in [0.25, 0.3) is 0 Å². The topological polar surface area (TPSA) is 97.8 Å². The molecule has 2 heterocycles. The van der Waals surface area contributed by atoms with Crippen molar-refractivity contribution in [3.63, 3.8) is 0 Å². The smallest absolute Gasteiger partial charge is 0.326 e. The molecule has 0 radical (unpaired) electrons. The van der Waals surface area contributed by atoms with E-state index in [9.17, 15) is 15.2 Å². The number of hydrogen-bond donors (Lipinski definition) is 2. The van der Waals surface area contributed by atoms with Gasteiger partial charge >= 0.3 is 5.82 Å². The Morgan fingerprint density at radius 1 is 1.71 bits per heavy atom. The van der Waals surface area contributed by atoms with Crippen molar-refractivity contribution in [2.24, 2.45) is 0 Å². The van der Waals surface area contributed by atoms with Gasteiger partial charge in [-0.15, -0.1) is 0 Å². The van der Waals surface area contributed by atoms with E-state index in [1.165, 1.54) is 10.6 Å². The van der Waals surface area contributed by atoms with E-state index >= 15 is 0 Å². The average molecular weight is 354 g/mol. The Balaban J connectivity index is 2.26. The van der Waals surface area contributed by atoms with E-state index in [0.29, 0.717) is 0 Å². The van der Waals surface area contributed by atoms with Crippen molar-refractivity contribution in [3.05, 3.63) is 25.9 Å². The molecule has 1 aromatic heterocycles. The summed E-state index contributed by atoms with van der Waals surface area (Å²) in [5, 5.41) is 29.4. The lowest BCUT2D eigenvalue weighted by Crippen LogP contribution is -2.24. The number of nitro groups is 1. The number of ether oxygens (including phenoxy) is 1. The van der Waals surface area contributed by atoms with Crippen LogP contribution in [0.1, 0.15) is 12.6 Å². The molecule has 0 aromatic carbocycles. The van der Waals surface area contributed by atoms with Crippen molar-refractivity contribution >= 4 is 28.4 Å². The molecule has 17 heavy (non-hydrogen) atoms. The predicted molar refractivity (Wildman–Crippen MR) is 65.4 cm³/mol. The van der Waals surface area contributed by atoms with Crippen LogP contribution in [0.2, 0.25) is 0 Å². The van der Waals surface area contributed by atoms with Crippen molar-refractivity contribution in [1.29, 1.82) is 0 Å². The average Bonchev–Trinajstić information content (AvgIpc) is 2.81. The van der Waals surface area contributed by atoms with Gasteiger partial charge in [0, 0.05) is 12.5 Å². The Bertz CT molecular complexity index is 435. The fourth-order valence-corrected chi connectivity index (χ4v) is 2.44. The third-order valence-corrected chi connectivity index (χ3v) is 3.27. The normalized spacial score (nSPS) is 28.5. The minimum atomic E-state index is -0.801. The van der Waals surface area contributed by atoms with Gasteiger partial charge in [0.05, 0.1) is 16.3 Å². The van der Waals surface area contributed by atoms with Crippen LogP contribution < -0.4 is 0 Å². The summed E-state index contributed by atoms with van der Waals surface area (Å²) in [5.41, 5.74) is 0. The molecule has 1 unspecified atom stereocenters. The van der Waals surface area contributed by atoms with E-state index in [1.807, 2.05) is 22.6 Å². The zero-order valence-electron chi connectivity index (χ0n) is 8.69. The number of halogens is 1. The second-order valence-electron chi connectivity index (χ2n) is 3.80. The van der Waals surface area contributed by atoms with Crippen molar-refractivity contribution in [2.45, 2.75) is 24.9 Å². The summed E-state index contributed by atoms with van der Waals surface area (Å²) >= 11 is 1.97. The zero-order chi connectivity index (χ0) is 12.6. The molecule has 1 aliphatic rings. The molecule has 8 heteroatoms. The molecule has 1 aromatic rings. The van der Waals surface area contributed by atoms with Crippen molar-refractivity contribution in [2.75, 3.05) is 6.61 Å². The first-order valence-corrected chi connectivity index (χ1v) is 6.07. The largest absolute Gasteiger partial charge is 0.394 e. The number of nitrogens with zero attached hydrogens (tertiary/aromatic N) is 2. The molecule has 7 nitrogen and oxygen atoms in total. The van der Waals surface area contributed by atoms with E-state index in [0.717, 1.165) is 3.57 Å². The van der Waals surface area contributed by atoms with Gasteiger partial charge in [-0.2, -0.15) is 0 Å². The number of rotatable bonds is 3. The summed E-state index contributed by atoms with van der Waals surface area (Å²) in [7, 11) is 0. The van der Waals surface area contributed by atoms with Crippen LogP contribution in [-0.2, 0) is 4.74 Å². The molecule has 0 bridgehead atoms. The summed E-state index contributed by atoms with van der Waals surface area (Å²) in [6.07, 6.45) is -0.262. The number of aliphatic hydroxyl groups excluding tert-OH is 2. The maximum absolute atomic E-state index is 10.8. The van der Waals surface area contributed by atoms with Crippen LogP contribution in [0.3, 0.4) is 0 Å². The van der Waals surface area contributed by atoms with Crippen molar-refractivity contribution in [3.8, 4) is 0 Å². The first-order chi connectivity index (χ1) is 8.02. The molecule has 3 atom stereocenters. The molecule has 1 aliphatic heterocycles. The van der Waals surface area contributed by atoms with E-state index < -0.39 is 23.4 Å². The fourth-order valence-electron chi connectivity index (χ4n) is 1.86. The Kier molecular flexibility index (Phi) is 3.66. The zero-order valence-corrected chi connectivity index (χ0v) is 10.9. The van der Waals surface area contributed by atoms with Gasteiger partial charge < -0.3 is 25.1 Å². The highest BCUT2D eigenvalue weighted by atomic mass is 127. The van der Waals surface area contributed by atoms with Crippen LogP contribution >= 0.6 is 22.6 Å². The van der Waals surface area contributed by atoms with Gasteiger partial charge in [-0.25, -0.2) is 4.57 Å². The maximum atomic E-state index is 10.8. The van der Waals surface area contributed by atoms with Gasteiger partial charge in [-0.1, -0.05) is 0 Å². The molecule has 2 rings (SSSR count).